The zero-order valence-electron chi connectivity index (χ0n) is 8.16. The highest BCUT2D eigenvalue weighted by Gasteiger charge is 2.18. The molecular weight excluding hydrogens is 162 g/mol. The molecule has 0 aliphatic rings. The summed E-state index contributed by atoms with van der Waals surface area (Å²) in [5.41, 5.74) is 1.47. The van der Waals surface area contributed by atoms with E-state index in [2.05, 4.69) is 6.07 Å². The van der Waals surface area contributed by atoms with Crippen molar-refractivity contribution in [2.24, 2.45) is 0 Å². The van der Waals surface area contributed by atoms with Gasteiger partial charge in [-0.2, -0.15) is 5.26 Å². The Kier molecular flexibility index (Phi) is 2.69. The Morgan fingerprint density at radius 3 is 2.15 bits per heavy atom. The first-order valence-corrected chi connectivity index (χ1v) is 4.16. The highest BCUT2D eigenvalue weighted by atomic mass is 16.5. The predicted molar refractivity (Wildman–Crippen MR) is 51.2 cm³/mol. The molecule has 2 nitrogen and oxygen atoms in total. The van der Waals surface area contributed by atoms with Crippen LogP contribution in [-0.2, 0) is 10.3 Å². The first-order chi connectivity index (χ1) is 6.10. The third kappa shape index (κ3) is 2.07. The first-order valence-electron chi connectivity index (χ1n) is 4.16. The largest absolute Gasteiger partial charge is 0.374 e. The second-order valence-electron chi connectivity index (χ2n) is 3.40. The molecule has 68 valence electrons. The van der Waals surface area contributed by atoms with Crippen LogP contribution in [0, 0.1) is 11.3 Å². The summed E-state index contributed by atoms with van der Waals surface area (Å²) in [6.45, 7) is 3.99. The van der Waals surface area contributed by atoms with E-state index in [1.807, 2.05) is 26.0 Å². The number of rotatable bonds is 2. The van der Waals surface area contributed by atoms with Crippen LogP contribution in [0.1, 0.15) is 25.0 Å². The van der Waals surface area contributed by atoms with Gasteiger partial charge in [0.2, 0.25) is 0 Å². The third-order valence-corrected chi connectivity index (χ3v) is 2.22. The van der Waals surface area contributed by atoms with Crippen molar-refractivity contribution in [3.63, 3.8) is 0 Å². The monoisotopic (exact) mass is 175 g/mol. The number of ether oxygens (including phenoxy) is 1. The highest BCUT2D eigenvalue weighted by molar-refractivity contribution is 5.33. The Bertz CT molecular complexity index is 319. The van der Waals surface area contributed by atoms with Crippen molar-refractivity contribution in [2.45, 2.75) is 19.4 Å². The molecule has 0 fully saturated rings. The van der Waals surface area contributed by atoms with Gasteiger partial charge in [0.1, 0.15) is 0 Å². The first kappa shape index (κ1) is 9.76. The molecule has 0 radical (unpaired) electrons. The molecule has 0 spiro atoms. The van der Waals surface area contributed by atoms with Crippen LogP contribution in [0.4, 0.5) is 0 Å². The Morgan fingerprint density at radius 1 is 1.23 bits per heavy atom. The lowest BCUT2D eigenvalue weighted by molar-refractivity contribution is 0.0192. The number of methoxy groups -OCH3 is 1. The Labute approximate surface area is 78.8 Å². The lowest BCUT2D eigenvalue weighted by atomic mass is 9.97. The summed E-state index contributed by atoms with van der Waals surface area (Å²) in [7, 11) is 1.68. The molecule has 0 unspecified atom stereocenters. The van der Waals surface area contributed by atoms with Gasteiger partial charge in [-0.25, -0.2) is 0 Å². The van der Waals surface area contributed by atoms with Gasteiger partial charge in [-0.05, 0) is 31.5 Å². The quantitative estimate of drug-likeness (QED) is 0.691. The van der Waals surface area contributed by atoms with Crippen molar-refractivity contribution in [2.75, 3.05) is 7.11 Å². The van der Waals surface area contributed by atoms with Gasteiger partial charge in [0.25, 0.3) is 0 Å². The van der Waals surface area contributed by atoms with E-state index in [1.165, 1.54) is 0 Å². The van der Waals surface area contributed by atoms with Crippen LogP contribution in [0.25, 0.3) is 0 Å². The summed E-state index contributed by atoms with van der Waals surface area (Å²) in [6.07, 6.45) is 0. The van der Waals surface area contributed by atoms with Crippen LogP contribution in [0.2, 0.25) is 0 Å². The predicted octanol–water partition coefficient (Wildman–Crippen LogP) is 2.44. The molecule has 0 aliphatic heterocycles. The molecule has 1 rings (SSSR count). The van der Waals surface area contributed by atoms with Crippen molar-refractivity contribution in [1.82, 2.24) is 0 Å². The maximum absolute atomic E-state index is 8.61. The molecule has 1 aromatic carbocycles. The molecule has 1 aromatic rings. The fourth-order valence-corrected chi connectivity index (χ4v) is 1.06. The van der Waals surface area contributed by atoms with E-state index in [0.717, 1.165) is 5.56 Å². The molecule has 2 heteroatoms. The van der Waals surface area contributed by atoms with Crippen molar-refractivity contribution in [3.05, 3.63) is 35.4 Å². The van der Waals surface area contributed by atoms with E-state index in [9.17, 15) is 0 Å². The fourth-order valence-electron chi connectivity index (χ4n) is 1.06. The van der Waals surface area contributed by atoms with Crippen LogP contribution < -0.4 is 0 Å². The molecule has 0 bridgehead atoms. The normalized spacial score (nSPS) is 10.9. The molecule has 0 heterocycles. The minimum Gasteiger partial charge on any atom is -0.374 e. The van der Waals surface area contributed by atoms with E-state index in [1.54, 1.807) is 19.2 Å². The molecule has 0 saturated heterocycles. The maximum Gasteiger partial charge on any atom is 0.0991 e. The fraction of sp³-hybridized carbons (Fsp3) is 0.364. The second kappa shape index (κ2) is 3.59. The van der Waals surface area contributed by atoms with Gasteiger partial charge in [0.05, 0.1) is 17.2 Å². The Hall–Kier alpha value is -1.33. The zero-order chi connectivity index (χ0) is 9.90. The van der Waals surface area contributed by atoms with Crippen molar-refractivity contribution >= 4 is 0 Å². The van der Waals surface area contributed by atoms with Gasteiger partial charge in [-0.3, -0.25) is 0 Å². The van der Waals surface area contributed by atoms with Crippen LogP contribution in [-0.4, -0.2) is 7.11 Å². The van der Waals surface area contributed by atoms with E-state index < -0.39 is 0 Å². The van der Waals surface area contributed by atoms with E-state index in [4.69, 9.17) is 10.00 Å². The van der Waals surface area contributed by atoms with Gasteiger partial charge in [0.15, 0.2) is 0 Å². The van der Waals surface area contributed by atoms with Crippen molar-refractivity contribution in [3.8, 4) is 6.07 Å². The zero-order valence-corrected chi connectivity index (χ0v) is 8.16. The number of nitrogens with zero attached hydrogens (tertiary/aromatic N) is 1. The standard InChI is InChI=1S/C11H13NO/c1-11(2,13-3)10-6-4-9(8-12)5-7-10/h4-7H,1-3H3. The molecule has 13 heavy (non-hydrogen) atoms. The summed E-state index contributed by atoms with van der Waals surface area (Å²) < 4.78 is 5.31. The van der Waals surface area contributed by atoms with Crippen molar-refractivity contribution in [1.29, 1.82) is 5.26 Å². The number of nitriles is 1. The Balaban J connectivity index is 3.00. The van der Waals surface area contributed by atoms with Gasteiger partial charge in [-0.15, -0.1) is 0 Å². The average molecular weight is 175 g/mol. The second-order valence-corrected chi connectivity index (χ2v) is 3.40. The summed E-state index contributed by atoms with van der Waals surface area (Å²) >= 11 is 0. The van der Waals surface area contributed by atoms with E-state index in [-0.39, 0.29) is 5.60 Å². The summed E-state index contributed by atoms with van der Waals surface area (Å²) in [5.74, 6) is 0. The molecule has 0 N–H and O–H groups in total. The molecular formula is C11H13NO. The number of benzene rings is 1. The van der Waals surface area contributed by atoms with Crippen LogP contribution in [0.5, 0.6) is 0 Å². The van der Waals surface area contributed by atoms with Crippen molar-refractivity contribution < 1.29 is 4.74 Å². The van der Waals surface area contributed by atoms with E-state index >= 15 is 0 Å². The molecule has 0 saturated carbocycles. The summed E-state index contributed by atoms with van der Waals surface area (Å²) in [6, 6.07) is 9.52. The molecule has 0 atom stereocenters. The van der Waals surface area contributed by atoms with Crippen LogP contribution in [0.15, 0.2) is 24.3 Å². The maximum atomic E-state index is 8.61. The smallest absolute Gasteiger partial charge is 0.0991 e. The topological polar surface area (TPSA) is 33.0 Å². The highest BCUT2D eigenvalue weighted by Crippen LogP contribution is 2.23. The lowest BCUT2D eigenvalue weighted by Gasteiger charge is -2.23. The molecule has 0 aliphatic carbocycles. The van der Waals surface area contributed by atoms with Gasteiger partial charge in [-0.1, -0.05) is 12.1 Å². The summed E-state index contributed by atoms with van der Waals surface area (Å²) in [5, 5.41) is 8.61. The van der Waals surface area contributed by atoms with Gasteiger partial charge >= 0.3 is 0 Å². The summed E-state index contributed by atoms with van der Waals surface area (Å²) in [4.78, 5) is 0. The third-order valence-electron chi connectivity index (χ3n) is 2.22. The average Bonchev–Trinajstić information content (AvgIpc) is 2.18. The Morgan fingerprint density at radius 2 is 1.77 bits per heavy atom. The van der Waals surface area contributed by atoms with Gasteiger partial charge in [0, 0.05) is 7.11 Å². The minimum absolute atomic E-state index is 0.284. The molecule has 0 aromatic heterocycles. The minimum atomic E-state index is -0.284. The van der Waals surface area contributed by atoms with Gasteiger partial charge < -0.3 is 4.74 Å². The van der Waals surface area contributed by atoms with Crippen LogP contribution >= 0.6 is 0 Å². The van der Waals surface area contributed by atoms with E-state index in [0.29, 0.717) is 5.56 Å². The van der Waals surface area contributed by atoms with Crippen LogP contribution in [0.3, 0.4) is 0 Å². The number of hydrogen-bond acceptors (Lipinski definition) is 2. The lowest BCUT2D eigenvalue weighted by Crippen LogP contribution is -2.19. The molecule has 0 amide bonds. The SMILES string of the molecule is COC(C)(C)c1ccc(C#N)cc1. The number of hydrogen-bond donors (Lipinski definition) is 0.